The van der Waals surface area contributed by atoms with E-state index in [1.807, 2.05) is 14.1 Å². The van der Waals surface area contributed by atoms with E-state index < -0.39 is 11.2 Å². The number of hydrogen-bond donors (Lipinski definition) is 2. The van der Waals surface area contributed by atoms with Gasteiger partial charge < -0.3 is 10.2 Å². The minimum atomic E-state index is -0.527. The van der Waals surface area contributed by atoms with Crippen LogP contribution < -0.4 is 16.6 Å². The van der Waals surface area contributed by atoms with Gasteiger partial charge in [-0.15, -0.1) is 0 Å². The molecule has 0 bridgehead atoms. The number of benzene rings is 1. The Hall–Kier alpha value is -3.26. The molecule has 0 radical (unpaired) electrons. The number of rotatable bonds is 7. The van der Waals surface area contributed by atoms with Gasteiger partial charge in [-0.3, -0.25) is 19.1 Å². The maximum absolute atomic E-state index is 12.8. The number of amides is 1. The number of pyridine rings is 1. The minimum absolute atomic E-state index is 0.00622. The van der Waals surface area contributed by atoms with Gasteiger partial charge in [-0.05, 0) is 50.6 Å². The molecule has 1 aromatic carbocycles. The van der Waals surface area contributed by atoms with E-state index in [1.165, 1.54) is 22.4 Å². The quantitative estimate of drug-likeness (QED) is 0.608. The number of nitrogens with one attached hydrogen (secondary N) is 2. The van der Waals surface area contributed by atoms with Gasteiger partial charge in [-0.1, -0.05) is 31.2 Å². The second-order valence-electron chi connectivity index (χ2n) is 8.24. The van der Waals surface area contributed by atoms with E-state index in [9.17, 15) is 14.4 Å². The van der Waals surface area contributed by atoms with Crippen LogP contribution in [-0.2, 0) is 6.42 Å². The fourth-order valence-corrected chi connectivity index (χ4v) is 3.80. The van der Waals surface area contributed by atoms with Crippen molar-refractivity contribution >= 4 is 16.9 Å². The zero-order valence-electron chi connectivity index (χ0n) is 18.0. The van der Waals surface area contributed by atoms with Gasteiger partial charge in [0.05, 0.1) is 17.0 Å². The highest BCUT2D eigenvalue weighted by Crippen LogP contribution is 2.34. The molecule has 1 amide bonds. The van der Waals surface area contributed by atoms with E-state index in [2.05, 4.69) is 51.4 Å². The van der Waals surface area contributed by atoms with Gasteiger partial charge in [-0.25, -0.2) is 9.78 Å². The number of hydrogen-bond acceptors (Lipinski definition) is 5. The summed E-state index contributed by atoms with van der Waals surface area (Å²) in [4.78, 5) is 46.0. The maximum Gasteiger partial charge on any atom is 0.330 e. The van der Waals surface area contributed by atoms with Crippen LogP contribution in [-0.4, -0.2) is 46.0 Å². The van der Waals surface area contributed by atoms with E-state index in [-0.39, 0.29) is 28.9 Å². The third kappa shape index (κ3) is 4.29. The molecule has 0 unspecified atom stereocenters. The van der Waals surface area contributed by atoms with Gasteiger partial charge in [-0.2, -0.15) is 0 Å². The number of carbonyl (C=O) groups is 1. The molecule has 1 aliphatic rings. The van der Waals surface area contributed by atoms with E-state index in [4.69, 9.17) is 0 Å². The van der Waals surface area contributed by atoms with Crippen LogP contribution in [0.25, 0.3) is 11.0 Å². The Morgan fingerprint density at radius 1 is 1.26 bits per heavy atom. The highest BCUT2D eigenvalue weighted by atomic mass is 16.2. The number of aromatic nitrogens is 3. The fraction of sp³-hybridized carbons (Fsp3) is 0.391. The first-order valence-electron chi connectivity index (χ1n) is 10.6. The molecule has 8 nitrogen and oxygen atoms in total. The largest absolute Gasteiger partial charge is 0.350 e. The third-order valence-electron chi connectivity index (χ3n) is 5.81. The Morgan fingerprint density at radius 3 is 2.58 bits per heavy atom. The van der Waals surface area contributed by atoms with Crippen molar-refractivity contribution in [3.63, 3.8) is 0 Å². The molecule has 0 aliphatic heterocycles. The van der Waals surface area contributed by atoms with E-state index in [0.717, 1.165) is 24.8 Å². The summed E-state index contributed by atoms with van der Waals surface area (Å²) in [7, 11) is 3.94. The number of fused-ring (bicyclic) bond motifs is 1. The van der Waals surface area contributed by atoms with Crippen molar-refractivity contribution in [2.75, 3.05) is 20.6 Å². The average molecular weight is 422 g/mol. The van der Waals surface area contributed by atoms with E-state index >= 15 is 0 Å². The summed E-state index contributed by atoms with van der Waals surface area (Å²) in [6, 6.07) is 9.97. The molecule has 2 N–H and O–H groups in total. The van der Waals surface area contributed by atoms with Crippen molar-refractivity contribution in [2.45, 2.75) is 38.3 Å². The highest BCUT2D eigenvalue weighted by molar-refractivity contribution is 5.96. The summed E-state index contributed by atoms with van der Waals surface area (Å²) in [5, 5.41) is 3.20. The third-order valence-corrected chi connectivity index (χ3v) is 5.81. The summed E-state index contributed by atoms with van der Waals surface area (Å²) in [6.07, 6.45) is 4.18. The summed E-state index contributed by atoms with van der Waals surface area (Å²) >= 11 is 0. The number of aryl methyl sites for hydroxylation is 1. The first kappa shape index (κ1) is 21.0. The molecule has 2 heterocycles. The van der Waals surface area contributed by atoms with Crippen LogP contribution in [0.2, 0.25) is 0 Å². The monoisotopic (exact) mass is 421 g/mol. The van der Waals surface area contributed by atoms with Crippen LogP contribution >= 0.6 is 0 Å². The lowest BCUT2D eigenvalue weighted by molar-refractivity contribution is 0.0941. The summed E-state index contributed by atoms with van der Waals surface area (Å²) in [6.45, 7) is 2.53. The molecular weight excluding hydrogens is 394 g/mol. The molecule has 8 heteroatoms. The fourth-order valence-electron chi connectivity index (χ4n) is 3.80. The zero-order chi connectivity index (χ0) is 22.1. The van der Waals surface area contributed by atoms with Crippen molar-refractivity contribution < 1.29 is 4.79 Å². The van der Waals surface area contributed by atoms with Crippen LogP contribution in [0.5, 0.6) is 0 Å². The van der Waals surface area contributed by atoms with Crippen molar-refractivity contribution in [2.24, 2.45) is 0 Å². The number of carbonyl (C=O) groups excluding carboxylic acids is 1. The van der Waals surface area contributed by atoms with Gasteiger partial charge in [0.25, 0.3) is 11.5 Å². The van der Waals surface area contributed by atoms with Crippen LogP contribution in [0, 0.1) is 0 Å². The molecule has 3 aromatic rings. The van der Waals surface area contributed by atoms with Crippen LogP contribution in [0.3, 0.4) is 0 Å². The Kier molecular flexibility index (Phi) is 5.73. The summed E-state index contributed by atoms with van der Waals surface area (Å²) < 4.78 is 1.51. The summed E-state index contributed by atoms with van der Waals surface area (Å²) in [5.74, 6) is -0.310. The van der Waals surface area contributed by atoms with Crippen molar-refractivity contribution in [1.29, 1.82) is 0 Å². The lowest BCUT2D eigenvalue weighted by Gasteiger charge is -2.25. The van der Waals surface area contributed by atoms with Crippen molar-refractivity contribution in [3.8, 4) is 0 Å². The molecule has 4 rings (SSSR count). The van der Waals surface area contributed by atoms with Gasteiger partial charge in [0.1, 0.15) is 5.65 Å². The SMILES string of the molecule is CCc1ccc([C@@H](CNC(=O)c2cnc3c(c2)c(=O)[nH]c(=O)n3C2CC2)N(C)C)cc1. The Morgan fingerprint density at radius 2 is 1.97 bits per heavy atom. The van der Waals surface area contributed by atoms with Crippen LogP contribution in [0.1, 0.15) is 53.3 Å². The molecule has 1 aliphatic carbocycles. The predicted octanol–water partition coefficient (Wildman–Crippen LogP) is 2.01. The Bertz CT molecular complexity index is 1220. The average Bonchev–Trinajstić information content (AvgIpc) is 3.59. The number of aromatic amines is 1. The molecule has 1 saturated carbocycles. The first-order valence-corrected chi connectivity index (χ1v) is 10.6. The van der Waals surface area contributed by atoms with Gasteiger partial charge in [0, 0.05) is 18.8 Å². The minimum Gasteiger partial charge on any atom is -0.350 e. The second kappa shape index (κ2) is 8.47. The van der Waals surface area contributed by atoms with Crippen molar-refractivity contribution in [3.05, 3.63) is 74.1 Å². The highest BCUT2D eigenvalue weighted by Gasteiger charge is 2.28. The summed E-state index contributed by atoms with van der Waals surface area (Å²) in [5.41, 5.74) is 2.02. The predicted molar refractivity (Wildman–Crippen MR) is 119 cm³/mol. The van der Waals surface area contributed by atoms with Crippen molar-refractivity contribution in [1.82, 2.24) is 24.8 Å². The second-order valence-corrected chi connectivity index (χ2v) is 8.24. The molecular formula is C23H27N5O3. The van der Waals surface area contributed by atoms with Gasteiger partial charge in [0.2, 0.25) is 0 Å². The smallest absolute Gasteiger partial charge is 0.330 e. The van der Waals surface area contributed by atoms with Crippen LogP contribution in [0.15, 0.2) is 46.1 Å². The van der Waals surface area contributed by atoms with E-state index in [0.29, 0.717) is 12.2 Å². The molecule has 1 atom stereocenters. The first-order chi connectivity index (χ1) is 14.9. The molecule has 0 saturated heterocycles. The lowest BCUT2D eigenvalue weighted by Crippen LogP contribution is -2.35. The molecule has 1 fully saturated rings. The Labute approximate surface area is 179 Å². The van der Waals surface area contributed by atoms with Crippen LogP contribution in [0.4, 0.5) is 0 Å². The molecule has 31 heavy (non-hydrogen) atoms. The zero-order valence-corrected chi connectivity index (χ0v) is 18.0. The van der Waals surface area contributed by atoms with Gasteiger partial charge in [0.15, 0.2) is 0 Å². The lowest BCUT2D eigenvalue weighted by atomic mass is 10.0. The Balaban J connectivity index is 1.56. The number of nitrogens with zero attached hydrogens (tertiary/aromatic N) is 3. The number of likely N-dealkylation sites (N-methyl/N-ethyl adjacent to an activating group) is 1. The van der Waals surface area contributed by atoms with Gasteiger partial charge >= 0.3 is 5.69 Å². The molecule has 2 aromatic heterocycles. The topological polar surface area (TPSA) is 100 Å². The normalized spacial score (nSPS) is 14.7. The molecule has 162 valence electrons. The number of H-pyrrole nitrogens is 1. The standard InChI is InChI=1S/C23H27N5O3/c1-4-14-5-7-15(8-6-14)19(27(2)3)13-25-21(29)16-11-18-20(24-12-16)28(17-9-10-17)23(31)26-22(18)30/h5-8,11-12,17,19H,4,9-10,13H2,1-3H3,(H,25,29)(H,26,30,31)/t19-/m1/s1. The maximum atomic E-state index is 12.8. The molecule has 0 spiro atoms. The van der Waals surface area contributed by atoms with E-state index in [1.54, 1.807) is 0 Å².